The highest BCUT2D eigenvalue weighted by molar-refractivity contribution is 5.76. The van der Waals surface area contributed by atoms with Crippen LogP contribution in [-0.4, -0.2) is 150 Å². The van der Waals surface area contributed by atoms with E-state index in [-0.39, 0.29) is 29.8 Å². The standard InChI is InChI=1S/C84H164N4O9/c1-71(2)42-38-44-74(7)55-66-94-81(90)49-28-20-16-24-32-61-87(63-37-36-59-85(12)13)62-33-25-17-21-29-50-84(93)97-69-58-77(10)53-54-79(73(5)6)70-78(11)47-40-46-76(9)57-68-96-83(92)52-31-23-19-27-35-65-88(80(89)48-41-60-86(14)15)64-34-26-18-22-30-51-82(91)95-67-56-75(8)45-39-43-72(3)4/h71-79H,16-70H2,1-15H3. The van der Waals surface area contributed by atoms with E-state index in [1.54, 1.807) is 0 Å². The van der Waals surface area contributed by atoms with Gasteiger partial charge < -0.3 is 38.5 Å². The Morgan fingerprint density at radius 2 is 0.557 bits per heavy atom. The van der Waals surface area contributed by atoms with Crippen LogP contribution < -0.4 is 0 Å². The van der Waals surface area contributed by atoms with Crippen molar-refractivity contribution in [2.45, 2.75) is 359 Å². The average molecular weight is 1370 g/mol. The van der Waals surface area contributed by atoms with Gasteiger partial charge in [0.15, 0.2) is 0 Å². The second kappa shape index (κ2) is 65.3. The zero-order valence-corrected chi connectivity index (χ0v) is 67.1. The molecule has 0 aromatic heterocycles. The van der Waals surface area contributed by atoms with Crippen LogP contribution in [-0.2, 0) is 42.9 Å². The molecule has 97 heavy (non-hydrogen) atoms. The van der Waals surface area contributed by atoms with Crippen LogP contribution in [0, 0.1) is 53.3 Å². The van der Waals surface area contributed by atoms with Crippen molar-refractivity contribution in [2.24, 2.45) is 53.3 Å². The van der Waals surface area contributed by atoms with Gasteiger partial charge in [0.2, 0.25) is 5.91 Å². The monoisotopic (exact) mass is 1370 g/mol. The summed E-state index contributed by atoms with van der Waals surface area (Å²) in [6.07, 6.45) is 45.9. The van der Waals surface area contributed by atoms with Crippen molar-refractivity contribution >= 4 is 29.8 Å². The molecule has 0 saturated carbocycles. The predicted octanol–water partition coefficient (Wildman–Crippen LogP) is 21.3. The van der Waals surface area contributed by atoms with Gasteiger partial charge in [-0.15, -0.1) is 0 Å². The lowest BCUT2D eigenvalue weighted by molar-refractivity contribution is -0.145. The predicted molar refractivity (Wildman–Crippen MR) is 411 cm³/mol. The highest BCUT2D eigenvalue weighted by Crippen LogP contribution is 2.30. The average Bonchev–Trinajstić information content (AvgIpc) is 2.03. The first-order valence-corrected chi connectivity index (χ1v) is 41.4. The van der Waals surface area contributed by atoms with Crippen molar-refractivity contribution in [3.8, 4) is 0 Å². The molecule has 0 spiro atoms. The summed E-state index contributed by atoms with van der Waals surface area (Å²) >= 11 is 0. The number of rotatable bonds is 71. The van der Waals surface area contributed by atoms with Crippen LogP contribution in [0.25, 0.3) is 0 Å². The second-order valence-corrected chi connectivity index (χ2v) is 32.7. The molecule has 6 unspecified atom stereocenters. The van der Waals surface area contributed by atoms with Crippen LogP contribution in [0.1, 0.15) is 359 Å². The quantitative estimate of drug-likeness (QED) is 0.0326. The van der Waals surface area contributed by atoms with Gasteiger partial charge in [-0.3, -0.25) is 24.0 Å². The Morgan fingerprint density at radius 3 is 0.907 bits per heavy atom. The Bertz CT molecular complexity index is 1830. The Kier molecular flexibility index (Phi) is 63.4. The zero-order valence-electron chi connectivity index (χ0n) is 67.1. The summed E-state index contributed by atoms with van der Waals surface area (Å²) in [5, 5.41) is 0. The van der Waals surface area contributed by atoms with E-state index in [0.717, 1.165) is 173 Å². The highest BCUT2D eigenvalue weighted by Gasteiger charge is 2.20. The summed E-state index contributed by atoms with van der Waals surface area (Å²) in [5.41, 5.74) is 0. The summed E-state index contributed by atoms with van der Waals surface area (Å²) < 4.78 is 22.5. The zero-order chi connectivity index (χ0) is 72.1. The fourth-order valence-electron chi connectivity index (χ4n) is 13.4. The van der Waals surface area contributed by atoms with Crippen LogP contribution in [0.5, 0.6) is 0 Å². The molecular weight excluding hydrogens is 1210 g/mol. The number of carbonyl (C=O) groups is 5. The topological polar surface area (TPSA) is 135 Å². The second-order valence-electron chi connectivity index (χ2n) is 32.7. The third-order valence-corrected chi connectivity index (χ3v) is 20.5. The Hall–Kier alpha value is -2.77. The van der Waals surface area contributed by atoms with Gasteiger partial charge in [-0.05, 0) is 223 Å². The van der Waals surface area contributed by atoms with Crippen LogP contribution in [0.4, 0.5) is 0 Å². The summed E-state index contributed by atoms with van der Waals surface area (Å²) in [6, 6.07) is 0. The molecule has 0 heterocycles. The maximum absolute atomic E-state index is 13.3. The number of ether oxygens (including phenoxy) is 4. The molecule has 0 aliphatic rings. The first kappa shape index (κ1) is 94.2. The minimum atomic E-state index is -0.0722. The maximum Gasteiger partial charge on any atom is 0.305 e. The van der Waals surface area contributed by atoms with E-state index in [4.69, 9.17) is 18.9 Å². The van der Waals surface area contributed by atoms with Gasteiger partial charge in [-0.25, -0.2) is 0 Å². The van der Waals surface area contributed by atoms with Crippen molar-refractivity contribution < 1.29 is 42.9 Å². The van der Waals surface area contributed by atoms with Gasteiger partial charge in [0.05, 0.1) is 26.4 Å². The van der Waals surface area contributed by atoms with Gasteiger partial charge in [0.25, 0.3) is 0 Å². The molecule has 0 N–H and O–H groups in total. The van der Waals surface area contributed by atoms with Crippen molar-refractivity contribution in [1.82, 2.24) is 19.6 Å². The Morgan fingerprint density at radius 1 is 0.268 bits per heavy atom. The van der Waals surface area contributed by atoms with E-state index in [1.165, 1.54) is 135 Å². The van der Waals surface area contributed by atoms with Crippen LogP contribution in [0.2, 0.25) is 0 Å². The summed E-state index contributed by atoms with van der Waals surface area (Å²) in [6.45, 7) is 34.8. The SMILES string of the molecule is CC(C)CCCC(C)CCOC(=O)CCCCCCCN(CCCCCCCC(=O)OCCC(C)CCC(CC(C)CCCC(C)CCOC(=O)CCCCCCCN(CCCCCCCC(=O)OCCC(C)CCCC(C)C)C(=O)CCCN(C)C)C(C)C)CCCCN(C)C. The molecule has 0 aliphatic heterocycles. The third kappa shape index (κ3) is 65.0. The van der Waals surface area contributed by atoms with Crippen molar-refractivity contribution in [3.05, 3.63) is 0 Å². The minimum Gasteiger partial charge on any atom is -0.466 e. The number of carbonyl (C=O) groups excluding carboxylic acids is 5. The molecule has 0 aromatic carbocycles. The molecule has 0 aliphatic carbocycles. The van der Waals surface area contributed by atoms with Crippen molar-refractivity contribution in [1.29, 1.82) is 0 Å². The number of hydrogen-bond acceptors (Lipinski definition) is 12. The molecule has 13 nitrogen and oxygen atoms in total. The lowest BCUT2D eigenvalue weighted by atomic mass is 9.80. The number of amides is 1. The van der Waals surface area contributed by atoms with E-state index >= 15 is 0 Å². The van der Waals surface area contributed by atoms with E-state index in [1.807, 2.05) is 0 Å². The van der Waals surface area contributed by atoms with E-state index in [0.29, 0.717) is 100.0 Å². The molecule has 0 aromatic rings. The lowest BCUT2D eigenvalue weighted by Crippen LogP contribution is -2.33. The molecule has 6 atom stereocenters. The number of esters is 4. The Labute approximate surface area is 601 Å². The first-order valence-electron chi connectivity index (χ1n) is 41.4. The molecule has 0 saturated heterocycles. The number of hydrogen-bond donors (Lipinski definition) is 0. The van der Waals surface area contributed by atoms with Gasteiger partial charge in [-0.1, -0.05) is 217 Å². The third-order valence-electron chi connectivity index (χ3n) is 20.5. The smallest absolute Gasteiger partial charge is 0.305 e. The molecule has 0 bridgehead atoms. The largest absolute Gasteiger partial charge is 0.466 e. The molecule has 13 heteroatoms. The van der Waals surface area contributed by atoms with Crippen LogP contribution in [0.15, 0.2) is 0 Å². The van der Waals surface area contributed by atoms with Crippen LogP contribution >= 0.6 is 0 Å². The van der Waals surface area contributed by atoms with Gasteiger partial charge >= 0.3 is 23.9 Å². The number of nitrogens with zero attached hydrogens (tertiary/aromatic N) is 4. The van der Waals surface area contributed by atoms with E-state index in [9.17, 15) is 24.0 Å². The van der Waals surface area contributed by atoms with Crippen molar-refractivity contribution in [2.75, 3.05) is 100 Å². The normalized spacial score (nSPS) is 13.8. The van der Waals surface area contributed by atoms with Gasteiger partial charge in [0.1, 0.15) is 0 Å². The molecule has 574 valence electrons. The number of unbranched alkanes of at least 4 members (excludes halogenated alkanes) is 17. The van der Waals surface area contributed by atoms with Crippen LogP contribution in [0.3, 0.4) is 0 Å². The first-order chi connectivity index (χ1) is 46.5. The molecule has 0 fully saturated rings. The fourth-order valence-corrected chi connectivity index (χ4v) is 13.4. The van der Waals surface area contributed by atoms with E-state index < -0.39 is 0 Å². The summed E-state index contributed by atoms with van der Waals surface area (Å²) in [5.74, 6) is 5.93. The fraction of sp³-hybridized carbons (Fsp3) is 0.940. The Balaban J connectivity index is 4.28. The summed E-state index contributed by atoms with van der Waals surface area (Å²) in [4.78, 5) is 72.3. The molecule has 0 rings (SSSR count). The molecule has 1 amide bonds. The lowest BCUT2D eigenvalue weighted by Gasteiger charge is -2.26. The molecular formula is C84H164N4O9. The maximum atomic E-state index is 13.3. The van der Waals surface area contributed by atoms with Gasteiger partial charge in [-0.2, -0.15) is 0 Å². The highest BCUT2D eigenvalue weighted by atomic mass is 16.5. The van der Waals surface area contributed by atoms with Gasteiger partial charge in [0, 0.05) is 45.2 Å². The minimum absolute atomic E-state index is 0.0216. The summed E-state index contributed by atoms with van der Waals surface area (Å²) in [7, 11) is 8.43. The molecule has 0 radical (unpaired) electrons. The van der Waals surface area contributed by atoms with E-state index in [2.05, 4.69) is 124 Å². The van der Waals surface area contributed by atoms with Crippen molar-refractivity contribution in [3.63, 3.8) is 0 Å².